The lowest BCUT2D eigenvalue weighted by molar-refractivity contribution is 0.0729. The van der Waals surface area contributed by atoms with Crippen LogP contribution in [0.25, 0.3) is 0 Å². The van der Waals surface area contributed by atoms with E-state index in [4.69, 9.17) is 9.15 Å². The van der Waals surface area contributed by atoms with Gasteiger partial charge >= 0.3 is 0 Å². The molecule has 0 spiro atoms. The van der Waals surface area contributed by atoms with E-state index in [1.54, 1.807) is 17.5 Å². The molecular weight excluding hydrogens is 338 g/mol. The lowest BCUT2D eigenvalue weighted by atomic mass is 10.2. The number of nitrogens with zero attached hydrogens (tertiary/aromatic N) is 3. The monoisotopic (exact) mass is 355 g/mol. The van der Waals surface area contributed by atoms with Crippen molar-refractivity contribution in [3.63, 3.8) is 0 Å². The molecule has 0 saturated carbocycles. The maximum absolute atomic E-state index is 12.8. The largest absolute Gasteiger partial charge is 0.484 e. The van der Waals surface area contributed by atoms with E-state index in [1.165, 1.54) is 6.26 Å². The fraction of sp³-hybridized carbons (Fsp3) is 0.278. The quantitative estimate of drug-likeness (QED) is 0.698. The van der Waals surface area contributed by atoms with Gasteiger partial charge in [0, 0.05) is 18.1 Å². The zero-order chi connectivity index (χ0) is 17.1. The van der Waals surface area contributed by atoms with E-state index in [9.17, 15) is 4.79 Å². The van der Waals surface area contributed by atoms with Crippen LogP contribution >= 0.6 is 11.3 Å². The Morgan fingerprint density at radius 1 is 1.36 bits per heavy atom. The van der Waals surface area contributed by atoms with Crippen molar-refractivity contribution in [3.05, 3.63) is 64.8 Å². The molecule has 1 amide bonds. The second-order valence-electron chi connectivity index (χ2n) is 5.76. The third-order valence-electron chi connectivity index (χ3n) is 4.13. The Bertz CT molecular complexity index is 832. The molecule has 25 heavy (non-hydrogen) atoms. The summed E-state index contributed by atoms with van der Waals surface area (Å²) in [5.41, 5.74) is 0.315. The number of benzene rings is 1. The van der Waals surface area contributed by atoms with Gasteiger partial charge in [-0.1, -0.05) is 18.2 Å². The summed E-state index contributed by atoms with van der Waals surface area (Å²) < 4.78 is 11.0. The molecule has 1 fully saturated rings. The molecule has 3 heterocycles. The molecule has 3 aromatic rings. The van der Waals surface area contributed by atoms with Gasteiger partial charge in [-0.3, -0.25) is 4.79 Å². The van der Waals surface area contributed by atoms with E-state index in [1.807, 2.05) is 40.6 Å². The van der Waals surface area contributed by atoms with Crippen LogP contribution < -0.4 is 4.74 Å². The average molecular weight is 355 g/mol. The first kappa shape index (κ1) is 15.8. The number of carbonyl (C=O) groups is 1. The first-order chi connectivity index (χ1) is 12.3. The van der Waals surface area contributed by atoms with Crippen LogP contribution in [0.2, 0.25) is 0 Å². The topological polar surface area (TPSA) is 68.5 Å². The van der Waals surface area contributed by atoms with Gasteiger partial charge in [-0.05, 0) is 25.0 Å². The minimum Gasteiger partial charge on any atom is -0.484 e. The molecule has 2 aromatic heterocycles. The predicted octanol–water partition coefficient (Wildman–Crippen LogP) is 3.69. The fourth-order valence-corrected chi connectivity index (χ4v) is 3.73. The number of para-hydroxylation sites is 1. The minimum atomic E-state index is -0.118. The zero-order valence-corrected chi connectivity index (χ0v) is 14.3. The fourth-order valence-electron chi connectivity index (χ4n) is 2.95. The van der Waals surface area contributed by atoms with Gasteiger partial charge in [0.05, 0.1) is 6.04 Å². The first-order valence-corrected chi connectivity index (χ1v) is 9.02. The van der Waals surface area contributed by atoms with Crippen molar-refractivity contribution >= 4 is 17.2 Å². The number of thiazole rings is 1. The third-order valence-corrected chi connectivity index (χ3v) is 5.00. The van der Waals surface area contributed by atoms with Crippen molar-refractivity contribution in [2.24, 2.45) is 0 Å². The van der Waals surface area contributed by atoms with Crippen LogP contribution in [-0.2, 0) is 6.61 Å². The number of carbonyl (C=O) groups excluding carboxylic acids is 1. The molecule has 1 saturated heterocycles. The molecule has 0 N–H and O–H groups in total. The molecule has 1 aromatic carbocycles. The predicted molar refractivity (Wildman–Crippen MR) is 92.4 cm³/mol. The maximum Gasteiger partial charge on any atom is 0.276 e. The SMILES string of the molecule is O=C(c1coc(COc2ccccc2)n1)N1CCC[C@@H]1c1nccs1. The lowest BCUT2D eigenvalue weighted by Crippen LogP contribution is -2.30. The Morgan fingerprint density at radius 3 is 3.04 bits per heavy atom. The van der Waals surface area contributed by atoms with Crippen molar-refractivity contribution in [1.82, 2.24) is 14.9 Å². The normalized spacial score (nSPS) is 17.0. The second-order valence-corrected chi connectivity index (χ2v) is 6.68. The van der Waals surface area contributed by atoms with Crippen molar-refractivity contribution in [2.45, 2.75) is 25.5 Å². The standard InChI is InChI=1S/C18H17N3O3S/c22-18(21-9-4-7-15(21)17-19-8-10-25-17)14-11-24-16(20-14)12-23-13-5-2-1-3-6-13/h1-3,5-6,8,10-11,15H,4,7,9,12H2/t15-/m1/s1. The molecule has 1 aliphatic rings. The molecule has 6 nitrogen and oxygen atoms in total. The highest BCUT2D eigenvalue weighted by molar-refractivity contribution is 7.09. The van der Waals surface area contributed by atoms with Gasteiger partial charge in [-0.25, -0.2) is 9.97 Å². The van der Waals surface area contributed by atoms with E-state index in [0.29, 0.717) is 18.1 Å². The molecule has 0 aliphatic carbocycles. The summed E-state index contributed by atoms with van der Waals surface area (Å²) >= 11 is 1.58. The van der Waals surface area contributed by atoms with Gasteiger partial charge in [-0.2, -0.15) is 0 Å². The summed E-state index contributed by atoms with van der Waals surface area (Å²) in [6.07, 6.45) is 5.08. The van der Waals surface area contributed by atoms with Crippen LogP contribution in [0, 0.1) is 0 Å². The summed E-state index contributed by atoms with van der Waals surface area (Å²) in [4.78, 5) is 23.3. The van der Waals surface area contributed by atoms with Crippen molar-refractivity contribution < 1.29 is 13.9 Å². The number of oxazole rings is 1. The Labute approximate surface area is 149 Å². The number of likely N-dealkylation sites (tertiary alicyclic amines) is 1. The number of aromatic nitrogens is 2. The Balaban J connectivity index is 1.43. The van der Waals surface area contributed by atoms with Crippen molar-refractivity contribution in [2.75, 3.05) is 6.54 Å². The molecule has 4 rings (SSSR count). The Hall–Kier alpha value is -2.67. The zero-order valence-electron chi connectivity index (χ0n) is 13.5. The molecule has 0 radical (unpaired) electrons. The summed E-state index contributed by atoms with van der Waals surface area (Å²) in [5, 5.41) is 2.91. The van der Waals surface area contributed by atoms with Gasteiger partial charge in [0.15, 0.2) is 12.3 Å². The summed E-state index contributed by atoms with van der Waals surface area (Å²) in [7, 11) is 0. The summed E-state index contributed by atoms with van der Waals surface area (Å²) in [6.45, 7) is 0.902. The van der Waals surface area contributed by atoms with Crippen LogP contribution in [0.5, 0.6) is 5.75 Å². The Kier molecular flexibility index (Phi) is 4.47. The average Bonchev–Trinajstić information content (AvgIpc) is 3.41. The summed E-state index contributed by atoms with van der Waals surface area (Å²) in [6, 6.07) is 9.46. The number of hydrogen-bond acceptors (Lipinski definition) is 6. The molecular formula is C18H17N3O3S. The second kappa shape index (κ2) is 7.06. The maximum atomic E-state index is 12.8. The van der Waals surface area contributed by atoms with Gasteiger partial charge in [-0.15, -0.1) is 11.3 Å². The van der Waals surface area contributed by atoms with E-state index in [2.05, 4.69) is 9.97 Å². The Morgan fingerprint density at radius 2 is 2.24 bits per heavy atom. The van der Waals surface area contributed by atoms with Crippen LogP contribution in [0.4, 0.5) is 0 Å². The minimum absolute atomic E-state index is 0.0354. The lowest BCUT2D eigenvalue weighted by Gasteiger charge is -2.21. The molecule has 1 atom stereocenters. The van der Waals surface area contributed by atoms with Gasteiger partial charge in [0.1, 0.15) is 17.0 Å². The highest BCUT2D eigenvalue weighted by Crippen LogP contribution is 2.33. The van der Waals surface area contributed by atoms with Gasteiger partial charge in [0.25, 0.3) is 5.91 Å². The van der Waals surface area contributed by atoms with E-state index >= 15 is 0 Å². The van der Waals surface area contributed by atoms with E-state index in [0.717, 1.165) is 23.6 Å². The smallest absolute Gasteiger partial charge is 0.276 e. The molecule has 7 heteroatoms. The number of ether oxygens (including phenoxy) is 1. The molecule has 0 unspecified atom stereocenters. The summed E-state index contributed by atoms with van der Waals surface area (Å²) in [5.74, 6) is 1.00. The first-order valence-electron chi connectivity index (χ1n) is 8.14. The van der Waals surface area contributed by atoms with Crippen LogP contribution in [-0.4, -0.2) is 27.3 Å². The van der Waals surface area contributed by atoms with Crippen LogP contribution in [0.15, 0.2) is 52.6 Å². The number of hydrogen-bond donors (Lipinski definition) is 0. The van der Waals surface area contributed by atoms with Crippen LogP contribution in [0.3, 0.4) is 0 Å². The highest BCUT2D eigenvalue weighted by atomic mass is 32.1. The van der Waals surface area contributed by atoms with Crippen molar-refractivity contribution in [1.29, 1.82) is 0 Å². The number of amides is 1. The molecule has 0 bridgehead atoms. The van der Waals surface area contributed by atoms with E-state index in [-0.39, 0.29) is 18.6 Å². The van der Waals surface area contributed by atoms with Gasteiger partial charge < -0.3 is 14.1 Å². The number of rotatable bonds is 5. The highest BCUT2D eigenvalue weighted by Gasteiger charge is 2.33. The molecule has 128 valence electrons. The third kappa shape index (κ3) is 3.41. The van der Waals surface area contributed by atoms with Crippen molar-refractivity contribution in [3.8, 4) is 5.75 Å². The van der Waals surface area contributed by atoms with Gasteiger partial charge in [0.2, 0.25) is 5.89 Å². The van der Waals surface area contributed by atoms with E-state index < -0.39 is 0 Å². The molecule has 1 aliphatic heterocycles. The van der Waals surface area contributed by atoms with Crippen LogP contribution in [0.1, 0.15) is 40.3 Å².